The van der Waals surface area contributed by atoms with Gasteiger partial charge < -0.3 is 0 Å². The smallest absolute Gasteiger partial charge is 0.202 e. The predicted octanol–water partition coefficient (Wildman–Crippen LogP) is 0.543. The SMILES string of the molecule is O=S(=O)(N=S(=O)(F)NS(=O)(=O)C(F)(F)F)C(F)(F)F. The highest BCUT2D eigenvalue weighted by atomic mass is 32.3. The van der Waals surface area contributed by atoms with Gasteiger partial charge in [-0.1, -0.05) is 7.90 Å². The van der Waals surface area contributed by atoms with Crippen LogP contribution in [-0.2, 0) is 30.3 Å². The van der Waals surface area contributed by atoms with E-state index in [0.29, 0.717) is 0 Å². The van der Waals surface area contributed by atoms with E-state index in [1.54, 1.807) is 0 Å². The van der Waals surface area contributed by atoms with Gasteiger partial charge in [-0.15, -0.1) is 3.89 Å². The molecule has 0 aliphatic rings. The molecule has 0 saturated carbocycles. The Balaban J connectivity index is 5.79. The summed E-state index contributed by atoms with van der Waals surface area (Å²) in [6.45, 7) is 0. The van der Waals surface area contributed by atoms with Gasteiger partial charge in [0.1, 0.15) is 0 Å². The van der Waals surface area contributed by atoms with Crippen LogP contribution in [0.25, 0.3) is 0 Å². The Morgan fingerprint density at radius 3 is 1.42 bits per heavy atom. The highest BCUT2D eigenvalue weighted by Crippen LogP contribution is 2.27. The molecular formula is C2HF7N2O5S3. The lowest BCUT2D eigenvalue weighted by atomic mass is 11.6. The maximum Gasteiger partial charge on any atom is 0.519 e. The average Bonchev–Trinajstić information content (AvgIpc) is 1.93. The molecule has 0 spiro atoms. The van der Waals surface area contributed by atoms with Gasteiger partial charge in [-0.25, -0.2) is 8.42 Å². The zero-order valence-corrected chi connectivity index (χ0v) is 10.3. The summed E-state index contributed by atoms with van der Waals surface area (Å²) in [5, 5.41) is 0. The second kappa shape index (κ2) is 4.70. The lowest BCUT2D eigenvalue weighted by Crippen LogP contribution is -2.39. The number of nitrogens with one attached hydrogen (secondary N) is 1. The van der Waals surface area contributed by atoms with Crippen molar-refractivity contribution in [2.45, 2.75) is 11.0 Å². The molecule has 0 aromatic rings. The van der Waals surface area contributed by atoms with Gasteiger partial charge in [0, 0.05) is 0 Å². The molecule has 0 rings (SSSR count). The molecule has 19 heavy (non-hydrogen) atoms. The molecule has 7 nitrogen and oxygen atoms in total. The summed E-state index contributed by atoms with van der Waals surface area (Å²) in [6.07, 6.45) is 0. The van der Waals surface area contributed by atoms with E-state index in [4.69, 9.17) is 0 Å². The molecule has 0 aliphatic carbocycles. The summed E-state index contributed by atoms with van der Waals surface area (Å²) in [4.78, 5) is 0. The molecule has 17 heteroatoms. The molecule has 0 heterocycles. The summed E-state index contributed by atoms with van der Waals surface area (Å²) in [5.41, 5.74) is -12.5. The normalized spacial score (nSPS) is 17.8. The van der Waals surface area contributed by atoms with Crippen LogP contribution in [0.2, 0.25) is 0 Å². The summed E-state index contributed by atoms with van der Waals surface area (Å²) in [5.74, 6) is 0. The highest BCUT2D eigenvalue weighted by Gasteiger charge is 2.51. The quantitative estimate of drug-likeness (QED) is 0.582. The molecular weight excluding hydrogens is 361 g/mol. The molecule has 1 atom stereocenters. The van der Waals surface area contributed by atoms with Crippen LogP contribution in [0.1, 0.15) is 0 Å². The lowest BCUT2D eigenvalue weighted by molar-refractivity contribution is -0.0442. The Morgan fingerprint density at radius 2 is 1.16 bits per heavy atom. The van der Waals surface area contributed by atoms with Crippen molar-refractivity contribution in [3.05, 3.63) is 0 Å². The maximum absolute atomic E-state index is 12.6. The van der Waals surface area contributed by atoms with E-state index < -0.39 is 45.5 Å². The molecule has 1 unspecified atom stereocenters. The summed E-state index contributed by atoms with van der Waals surface area (Å²) < 4.78 is 134. The summed E-state index contributed by atoms with van der Waals surface area (Å²) >= 11 is 0. The minimum atomic E-state index is -6.79. The van der Waals surface area contributed by atoms with E-state index in [1.165, 1.54) is 0 Å². The van der Waals surface area contributed by atoms with Crippen molar-refractivity contribution in [1.29, 1.82) is 0 Å². The molecule has 0 aromatic heterocycles. The Labute approximate surface area is 101 Å². The van der Waals surface area contributed by atoms with Gasteiger partial charge in [-0.2, -0.15) is 39.0 Å². The van der Waals surface area contributed by atoms with Crippen molar-refractivity contribution in [2.24, 2.45) is 3.77 Å². The van der Waals surface area contributed by atoms with Crippen molar-refractivity contribution in [2.75, 3.05) is 0 Å². The standard InChI is InChI=1S/C2HF7N2O5S3/c3-1(4,5)17(12,13)10-19(9,16)11-18(14,15)2(6,7)8/h(H,10,11,16). The molecule has 0 aromatic carbocycles. The summed E-state index contributed by atoms with van der Waals surface area (Å²) in [6, 6.07) is 0. The first-order valence-electron chi connectivity index (χ1n) is 3.30. The van der Waals surface area contributed by atoms with Crippen LogP contribution in [-0.4, -0.2) is 32.1 Å². The van der Waals surface area contributed by atoms with E-state index in [-0.39, 0.29) is 0 Å². The number of rotatable bonds is 3. The first-order valence-corrected chi connectivity index (χ1v) is 7.64. The van der Waals surface area contributed by atoms with Gasteiger partial charge in [-0.05, 0) is 0 Å². The van der Waals surface area contributed by atoms with Gasteiger partial charge in [0.05, 0.1) is 0 Å². The van der Waals surface area contributed by atoms with Gasteiger partial charge in [-0.3, -0.25) is 0 Å². The van der Waals surface area contributed by atoms with Crippen LogP contribution in [0.15, 0.2) is 3.77 Å². The molecule has 0 saturated heterocycles. The fraction of sp³-hybridized carbons (Fsp3) is 1.00. The van der Waals surface area contributed by atoms with Crippen molar-refractivity contribution in [1.82, 2.24) is 4.13 Å². The van der Waals surface area contributed by atoms with Crippen LogP contribution in [0.3, 0.4) is 0 Å². The highest BCUT2D eigenvalue weighted by molar-refractivity contribution is 8.07. The number of sulfonamides is 2. The lowest BCUT2D eigenvalue weighted by Gasteiger charge is -2.08. The zero-order valence-electron chi connectivity index (χ0n) is 7.86. The molecule has 116 valence electrons. The van der Waals surface area contributed by atoms with E-state index in [9.17, 15) is 51.3 Å². The van der Waals surface area contributed by atoms with Gasteiger partial charge >= 0.3 is 31.1 Å². The number of nitrogens with zero attached hydrogens (tertiary/aromatic N) is 1. The average molecular weight is 362 g/mol. The molecule has 1 N–H and O–H groups in total. The van der Waals surface area contributed by atoms with E-state index in [1.807, 2.05) is 0 Å². The minimum absolute atomic E-state index is 0.437. The third-order valence-corrected chi connectivity index (χ3v) is 5.45. The summed E-state index contributed by atoms with van der Waals surface area (Å²) in [7, 11) is -20.0. The monoisotopic (exact) mass is 362 g/mol. The Morgan fingerprint density at radius 1 is 0.789 bits per heavy atom. The number of alkyl halides is 6. The second-order valence-electron chi connectivity index (χ2n) is 2.49. The molecule has 0 fully saturated rings. The van der Waals surface area contributed by atoms with Crippen LogP contribution in [0.4, 0.5) is 30.2 Å². The molecule has 0 amide bonds. The van der Waals surface area contributed by atoms with Crippen molar-refractivity contribution < 1.29 is 51.3 Å². The second-order valence-corrected chi connectivity index (χ2v) is 7.55. The molecule has 0 aliphatic heterocycles. The number of hydrogen-bond donors (Lipinski definition) is 1. The molecule has 0 bridgehead atoms. The van der Waals surface area contributed by atoms with Gasteiger partial charge in [0.25, 0.3) is 10.3 Å². The first-order chi connectivity index (χ1) is 7.91. The first kappa shape index (κ1) is 18.3. The largest absolute Gasteiger partial charge is 0.519 e. The third kappa shape index (κ3) is 4.73. The Hall–Kier alpha value is -0.680. The molecule has 0 radical (unpaired) electrons. The maximum atomic E-state index is 12.6. The Kier molecular flexibility index (Phi) is 4.53. The predicted molar refractivity (Wildman–Crippen MR) is 44.8 cm³/mol. The van der Waals surface area contributed by atoms with Gasteiger partial charge in [0.2, 0.25) is 0 Å². The van der Waals surface area contributed by atoms with Crippen molar-refractivity contribution in [3.63, 3.8) is 0 Å². The fourth-order valence-electron chi connectivity index (χ4n) is 0.366. The topological polar surface area (TPSA) is 110 Å². The fourth-order valence-corrected chi connectivity index (χ4v) is 3.57. The van der Waals surface area contributed by atoms with Crippen LogP contribution in [0.5, 0.6) is 0 Å². The van der Waals surface area contributed by atoms with E-state index in [2.05, 4.69) is 0 Å². The van der Waals surface area contributed by atoms with Crippen LogP contribution < -0.4 is 4.13 Å². The van der Waals surface area contributed by atoms with Crippen molar-refractivity contribution >= 4 is 30.3 Å². The number of halogens is 7. The number of hydrogen-bond acceptors (Lipinski definition) is 5. The Bertz CT molecular complexity index is 661. The minimum Gasteiger partial charge on any atom is -0.202 e. The van der Waals surface area contributed by atoms with E-state index in [0.717, 1.165) is 3.77 Å². The van der Waals surface area contributed by atoms with Crippen molar-refractivity contribution in [3.8, 4) is 0 Å². The van der Waals surface area contributed by atoms with Crippen LogP contribution >= 0.6 is 0 Å². The van der Waals surface area contributed by atoms with E-state index >= 15 is 0 Å². The van der Waals surface area contributed by atoms with Crippen LogP contribution in [0, 0.1) is 0 Å². The van der Waals surface area contributed by atoms with Gasteiger partial charge in [0.15, 0.2) is 0 Å². The zero-order chi connectivity index (χ0) is 15.9. The third-order valence-electron chi connectivity index (χ3n) is 1.00.